The van der Waals surface area contributed by atoms with E-state index in [1.807, 2.05) is 24.3 Å². The minimum absolute atomic E-state index is 0.213. The zero-order valence-electron chi connectivity index (χ0n) is 14.6. The summed E-state index contributed by atoms with van der Waals surface area (Å²) in [6.07, 6.45) is 0. The molecule has 1 aliphatic rings. The largest absolute Gasteiger partial charge is 0.465 e. The molecule has 0 bridgehead atoms. The fraction of sp³-hybridized carbons (Fsp3) is 0.263. The fourth-order valence-electron chi connectivity index (χ4n) is 2.82. The van der Waals surface area contributed by atoms with E-state index in [1.54, 1.807) is 12.1 Å². The molecule has 0 aromatic heterocycles. The molecule has 2 aromatic rings. The molecule has 1 N–H and O–H groups in total. The van der Waals surface area contributed by atoms with Crippen LogP contribution < -0.4 is 10.2 Å². The number of benzene rings is 2. The zero-order chi connectivity index (χ0) is 19.4. The Morgan fingerprint density at radius 2 is 1.85 bits per heavy atom. The molecule has 1 saturated heterocycles. The van der Waals surface area contributed by atoms with Crippen LogP contribution in [0.25, 0.3) is 0 Å². The predicted molar refractivity (Wildman–Crippen MR) is 121 cm³/mol. The summed E-state index contributed by atoms with van der Waals surface area (Å²) in [6.45, 7) is 2.70. The lowest BCUT2D eigenvalue weighted by molar-refractivity contribution is 0.0600. The van der Waals surface area contributed by atoms with Crippen molar-refractivity contribution in [2.45, 2.75) is 0 Å². The third kappa shape index (κ3) is 4.91. The van der Waals surface area contributed by atoms with E-state index in [4.69, 9.17) is 9.47 Å². The van der Waals surface area contributed by atoms with Crippen molar-refractivity contribution in [3.05, 3.63) is 54.7 Å². The fourth-order valence-corrected chi connectivity index (χ4v) is 3.89. The maximum absolute atomic E-state index is 12.9. The second kappa shape index (κ2) is 9.20. The van der Waals surface area contributed by atoms with Crippen molar-refractivity contribution < 1.29 is 19.1 Å². The average molecular weight is 592 g/mol. The average Bonchev–Trinajstić information content (AvgIpc) is 2.69. The highest BCUT2D eigenvalue weighted by Gasteiger charge is 2.20. The number of carbonyl (C=O) groups excluding carboxylic acids is 2. The smallest absolute Gasteiger partial charge is 0.337 e. The summed E-state index contributed by atoms with van der Waals surface area (Å²) in [5, 5.41) is 2.97. The van der Waals surface area contributed by atoms with Crippen LogP contribution in [0, 0.1) is 7.14 Å². The molecular weight excluding hydrogens is 574 g/mol. The van der Waals surface area contributed by atoms with Crippen molar-refractivity contribution in [1.29, 1.82) is 0 Å². The van der Waals surface area contributed by atoms with Gasteiger partial charge in [-0.05, 0) is 81.6 Å². The molecule has 27 heavy (non-hydrogen) atoms. The molecule has 1 fully saturated rings. The molecule has 3 rings (SSSR count). The molecule has 0 spiro atoms. The van der Waals surface area contributed by atoms with Gasteiger partial charge >= 0.3 is 5.97 Å². The van der Waals surface area contributed by atoms with Gasteiger partial charge in [0.15, 0.2) is 0 Å². The lowest BCUT2D eigenvalue weighted by Crippen LogP contribution is -2.36. The van der Waals surface area contributed by atoms with Crippen LogP contribution in [-0.2, 0) is 9.47 Å². The zero-order valence-corrected chi connectivity index (χ0v) is 18.9. The molecule has 1 amide bonds. The number of rotatable bonds is 4. The number of halogens is 2. The van der Waals surface area contributed by atoms with Crippen molar-refractivity contribution in [3.8, 4) is 0 Å². The van der Waals surface area contributed by atoms with Gasteiger partial charge in [0.2, 0.25) is 0 Å². The standard InChI is InChI=1S/C19H18I2N2O4/c1-26-19(25)12-2-5-17(23-6-8-27-9-7-23)16(10-12)22-18(24)14-11-13(20)3-4-15(14)21/h2-5,10-11H,6-9H2,1H3,(H,22,24). The van der Waals surface area contributed by atoms with Crippen LogP contribution in [0.2, 0.25) is 0 Å². The molecule has 0 radical (unpaired) electrons. The van der Waals surface area contributed by atoms with Crippen molar-refractivity contribution in [2.24, 2.45) is 0 Å². The molecule has 1 aliphatic heterocycles. The van der Waals surface area contributed by atoms with Crippen LogP contribution in [0.4, 0.5) is 11.4 Å². The second-order valence-electron chi connectivity index (χ2n) is 5.90. The van der Waals surface area contributed by atoms with Crippen molar-refractivity contribution in [1.82, 2.24) is 0 Å². The summed E-state index contributed by atoms with van der Waals surface area (Å²) >= 11 is 4.33. The summed E-state index contributed by atoms with van der Waals surface area (Å²) in [4.78, 5) is 27.0. The van der Waals surface area contributed by atoms with Crippen LogP contribution in [0.15, 0.2) is 36.4 Å². The SMILES string of the molecule is COC(=O)c1ccc(N2CCOCC2)c(NC(=O)c2cc(I)ccc2I)c1. The first kappa shape index (κ1) is 20.3. The molecule has 8 heteroatoms. The lowest BCUT2D eigenvalue weighted by Gasteiger charge is -2.30. The highest BCUT2D eigenvalue weighted by Crippen LogP contribution is 2.29. The van der Waals surface area contributed by atoms with Gasteiger partial charge in [0.05, 0.1) is 42.8 Å². The number of nitrogens with zero attached hydrogens (tertiary/aromatic N) is 1. The van der Waals surface area contributed by atoms with Crippen LogP contribution in [-0.4, -0.2) is 45.3 Å². The maximum atomic E-state index is 12.9. The van der Waals surface area contributed by atoms with Gasteiger partial charge in [-0.2, -0.15) is 0 Å². The Hall–Kier alpha value is -1.40. The minimum atomic E-state index is -0.442. The highest BCUT2D eigenvalue weighted by atomic mass is 127. The van der Waals surface area contributed by atoms with Crippen molar-refractivity contribution in [3.63, 3.8) is 0 Å². The Morgan fingerprint density at radius 3 is 2.56 bits per heavy atom. The van der Waals surface area contributed by atoms with Gasteiger partial charge in [0.25, 0.3) is 5.91 Å². The molecule has 142 valence electrons. The van der Waals surface area contributed by atoms with E-state index in [0.29, 0.717) is 30.0 Å². The van der Waals surface area contributed by atoms with Crippen LogP contribution in [0.1, 0.15) is 20.7 Å². The number of morpholine rings is 1. The van der Waals surface area contributed by atoms with E-state index in [1.165, 1.54) is 7.11 Å². The van der Waals surface area contributed by atoms with Crippen molar-refractivity contribution >= 4 is 68.4 Å². The normalized spacial score (nSPS) is 14.0. The summed E-state index contributed by atoms with van der Waals surface area (Å²) in [5.74, 6) is -0.655. The van der Waals surface area contributed by atoms with Gasteiger partial charge in [-0.15, -0.1) is 0 Å². The summed E-state index contributed by atoms with van der Waals surface area (Å²) in [7, 11) is 1.34. The summed E-state index contributed by atoms with van der Waals surface area (Å²) in [5.41, 5.74) is 2.43. The Morgan fingerprint density at radius 1 is 1.11 bits per heavy atom. The molecule has 0 aliphatic carbocycles. The first-order valence-electron chi connectivity index (χ1n) is 8.31. The second-order valence-corrected chi connectivity index (χ2v) is 8.31. The Labute approximate surface area is 184 Å². The predicted octanol–water partition coefficient (Wildman–Crippen LogP) is 3.77. The van der Waals surface area contributed by atoms with E-state index in [2.05, 4.69) is 55.4 Å². The maximum Gasteiger partial charge on any atom is 0.337 e. The molecule has 0 atom stereocenters. The van der Waals surface area contributed by atoms with Crippen LogP contribution >= 0.6 is 45.2 Å². The number of anilines is 2. The number of ether oxygens (including phenoxy) is 2. The number of hydrogen-bond donors (Lipinski definition) is 1. The molecule has 2 aromatic carbocycles. The number of nitrogens with one attached hydrogen (secondary N) is 1. The Bertz CT molecular complexity index is 867. The first-order valence-corrected chi connectivity index (χ1v) is 10.5. The number of carbonyl (C=O) groups is 2. The highest BCUT2D eigenvalue weighted by molar-refractivity contribution is 14.1. The van der Waals surface area contributed by atoms with Crippen molar-refractivity contribution in [2.75, 3.05) is 43.6 Å². The van der Waals surface area contributed by atoms with E-state index in [-0.39, 0.29) is 5.91 Å². The summed E-state index contributed by atoms with van der Waals surface area (Å²) < 4.78 is 12.1. The first-order chi connectivity index (χ1) is 13.0. The van der Waals surface area contributed by atoms with Gasteiger partial charge in [-0.1, -0.05) is 0 Å². The molecule has 0 saturated carbocycles. The topological polar surface area (TPSA) is 67.9 Å². The number of amides is 1. The molecule has 6 nitrogen and oxygen atoms in total. The molecule has 0 unspecified atom stereocenters. The number of hydrogen-bond acceptors (Lipinski definition) is 5. The van der Waals surface area contributed by atoms with Crippen LogP contribution in [0.5, 0.6) is 0 Å². The lowest BCUT2D eigenvalue weighted by atomic mass is 10.1. The van der Waals surface area contributed by atoms with Gasteiger partial charge in [-0.3, -0.25) is 4.79 Å². The van der Waals surface area contributed by atoms with E-state index >= 15 is 0 Å². The quantitative estimate of drug-likeness (QED) is 0.433. The summed E-state index contributed by atoms with van der Waals surface area (Å²) in [6, 6.07) is 10.9. The Balaban J connectivity index is 1.96. The number of esters is 1. The Kier molecular flexibility index (Phi) is 6.93. The monoisotopic (exact) mass is 592 g/mol. The van der Waals surface area contributed by atoms with Gasteiger partial charge in [0.1, 0.15) is 0 Å². The van der Waals surface area contributed by atoms with Gasteiger partial charge < -0.3 is 19.7 Å². The van der Waals surface area contributed by atoms with Gasteiger partial charge in [0, 0.05) is 20.2 Å². The molecular formula is C19H18I2N2O4. The third-order valence-electron chi connectivity index (χ3n) is 4.19. The van der Waals surface area contributed by atoms with E-state index < -0.39 is 5.97 Å². The van der Waals surface area contributed by atoms with E-state index in [9.17, 15) is 9.59 Å². The van der Waals surface area contributed by atoms with Crippen LogP contribution in [0.3, 0.4) is 0 Å². The number of methoxy groups -OCH3 is 1. The minimum Gasteiger partial charge on any atom is -0.465 e. The molecule has 1 heterocycles. The van der Waals surface area contributed by atoms with Gasteiger partial charge in [-0.25, -0.2) is 4.79 Å². The van der Waals surface area contributed by atoms with E-state index in [0.717, 1.165) is 25.9 Å². The third-order valence-corrected chi connectivity index (χ3v) is 5.80.